The van der Waals surface area contributed by atoms with Crippen LogP contribution < -0.4 is 0 Å². The van der Waals surface area contributed by atoms with Gasteiger partial charge in [-0.05, 0) is 31.5 Å². The van der Waals surface area contributed by atoms with Crippen LogP contribution in [0.3, 0.4) is 0 Å². The number of hydrogen-bond donors (Lipinski definition) is 0. The number of rotatable bonds is 6. The smallest absolute Gasteiger partial charge is 0.365 e. The number of carbonyl (C=O) groups is 2. The Kier molecular flexibility index (Phi) is 6.22. The lowest BCUT2D eigenvalue weighted by atomic mass is 9.90. The highest BCUT2D eigenvalue weighted by molar-refractivity contribution is 6.71. The number of ketones is 1. The van der Waals surface area contributed by atoms with Crippen molar-refractivity contribution in [3.05, 3.63) is 107 Å². The summed E-state index contributed by atoms with van der Waals surface area (Å²) in [5.74, 6) is -1.36. The Hall–Kier alpha value is -4.06. The first-order chi connectivity index (χ1) is 15.5. The van der Waals surface area contributed by atoms with E-state index in [4.69, 9.17) is 9.68 Å². The summed E-state index contributed by atoms with van der Waals surface area (Å²) in [5.41, 5.74) is 4.00. The quantitative estimate of drug-likeness (QED) is 0.244. The molecule has 32 heavy (non-hydrogen) atoms. The van der Waals surface area contributed by atoms with Gasteiger partial charge in [0, 0.05) is 5.56 Å². The van der Waals surface area contributed by atoms with E-state index < -0.39 is 11.8 Å². The maximum Gasteiger partial charge on any atom is 0.365 e. The number of carbonyl (C=O) groups excluding carboxylic acids is 2. The lowest BCUT2D eigenvalue weighted by Gasteiger charge is -2.12. The van der Waals surface area contributed by atoms with Crippen LogP contribution in [0.15, 0.2) is 89.2 Å². The van der Waals surface area contributed by atoms with E-state index in [9.17, 15) is 9.59 Å². The van der Waals surface area contributed by atoms with E-state index in [2.05, 4.69) is 10.3 Å². The third-order valence-electron chi connectivity index (χ3n) is 5.21. The van der Waals surface area contributed by atoms with Gasteiger partial charge in [-0.25, -0.2) is 4.79 Å². The Morgan fingerprint density at radius 3 is 2.09 bits per heavy atom. The predicted molar refractivity (Wildman–Crippen MR) is 122 cm³/mol. The number of Topliss-reactive ketones (excluding diaryl/α,β-unsaturated/α-hetero) is 1. The van der Waals surface area contributed by atoms with Crippen LogP contribution in [0, 0.1) is 13.8 Å². The van der Waals surface area contributed by atoms with Crippen LogP contribution in [0.2, 0.25) is 0 Å². The molecule has 1 aliphatic rings. The third kappa shape index (κ3) is 4.64. The molecule has 0 saturated carbocycles. The molecule has 0 amide bonds. The van der Waals surface area contributed by atoms with Crippen molar-refractivity contribution in [2.45, 2.75) is 19.8 Å². The first kappa shape index (κ1) is 21.2. The molecule has 0 aliphatic carbocycles. The Morgan fingerprint density at radius 2 is 1.47 bits per heavy atom. The zero-order valence-corrected chi connectivity index (χ0v) is 17.8. The number of hydrogen-bond acceptors (Lipinski definition) is 6. The first-order valence-electron chi connectivity index (χ1n) is 10.3. The molecule has 6 heteroatoms. The molecule has 0 saturated heterocycles. The summed E-state index contributed by atoms with van der Waals surface area (Å²) in [7, 11) is 0. The molecule has 1 unspecified atom stereocenters. The lowest BCUT2D eigenvalue weighted by molar-refractivity contribution is 0.0517. The average molecular weight is 426 g/mol. The van der Waals surface area contributed by atoms with Gasteiger partial charge in [-0.3, -0.25) is 4.79 Å². The van der Waals surface area contributed by atoms with Gasteiger partial charge in [0.2, 0.25) is 5.78 Å². The Balaban J connectivity index is 1.68. The maximum atomic E-state index is 13.4. The molecule has 0 aromatic heterocycles. The highest BCUT2D eigenvalue weighted by Gasteiger charge is 2.34. The second-order valence-electron chi connectivity index (χ2n) is 7.62. The largest absolute Gasteiger partial charge is 0.394 e. The van der Waals surface area contributed by atoms with Gasteiger partial charge >= 0.3 is 5.97 Å². The Bertz CT molecular complexity index is 1180. The molecule has 1 atom stereocenters. The van der Waals surface area contributed by atoms with Crippen LogP contribution in [0.25, 0.3) is 0 Å². The molecule has 3 aromatic rings. The molecule has 3 aromatic carbocycles. The van der Waals surface area contributed by atoms with Crippen molar-refractivity contribution in [1.82, 2.24) is 0 Å². The van der Waals surface area contributed by atoms with Gasteiger partial charge < -0.3 is 9.68 Å². The zero-order chi connectivity index (χ0) is 22.5. The third-order valence-corrected chi connectivity index (χ3v) is 5.21. The molecular formula is C26H22N2O4. The molecule has 0 spiro atoms. The van der Waals surface area contributed by atoms with E-state index in [1.807, 2.05) is 56.3 Å². The second kappa shape index (κ2) is 9.39. The number of benzene rings is 3. The van der Waals surface area contributed by atoms with E-state index in [0.717, 1.165) is 16.7 Å². The average Bonchev–Trinajstić information content (AvgIpc) is 3.30. The molecule has 1 heterocycles. The fourth-order valence-corrected chi connectivity index (χ4v) is 3.35. The van der Waals surface area contributed by atoms with E-state index in [1.165, 1.54) is 0 Å². The summed E-state index contributed by atoms with van der Waals surface area (Å²) in [6.07, 6.45) is 0. The molecule has 0 radical (unpaired) electrons. The van der Waals surface area contributed by atoms with Crippen molar-refractivity contribution >= 4 is 23.2 Å². The van der Waals surface area contributed by atoms with Crippen LogP contribution in [0.4, 0.5) is 0 Å². The maximum absolute atomic E-state index is 13.4. The molecule has 0 N–H and O–H groups in total. The monoisotopic (exact) mass is 426 g/mol. The minimum absolute atomic E-state index is 0.0549. The van der Waals surface area contributed by atoms with Crippen molar-refractivity contribution in [2.24, 2.45) is 10.3 Å². The standard InChI is InChI=1S/C26H22N2O4/c1-17-8-12-20(13-9-17)25(29)24(28-32-26(30)21-14-10-18(2)11-15-21)23-22(16-31-27-23)19-6-4-3-5-7-19/h3-15,22H,16H2,1-2H3/b28-24+. The fourth-order valence-electron chi connectivity index (χ4n) is 3.35. The normalized spacial score (nSPS) is 15.6. The molecule has 0 bridgehead atoms. The van der Waals surface area contributed by atoms with Crippen LogP contribution in [0.5, 0.6) is 0 Å². The molecule has 4 rings (SSSR count). The topological polar surface area (TPSA) is 77.3 Å². The minimum Gasteiger partial charge on any atom is -0.394 e. The molecule has 160 valence electrons. The summed E-state index contributed by atoms with van der Waals surface area (Å²) in [5, 5.41) is 8.08. The van der Waals surface area contributed by atoms with E-state index in [0.29, 0.717) is 16.8 Å². The summed E-state index contributed by atoms with van der Waals surface area (Å²) in [6.45, 7) is 4.13. The predicted octanol–water partition coefficient (Wildman–Crippen LogP) is 4.87. The number of aryl methyl sites for hydroxylation is 2. The van der Waals surface area contributed by atoms with Crippen molar-refractivity contribution in [3.8, 4) is 0 Å². The van der Waals surface area contributed by atoms with Gasteiger partial charge in [0.25, 0.3) is 0 Å². The van der Waals surface area contributed by atoms with E-state index >= 15 is 0 Å². The van der Waals surface area contributed by atoms with E-state index in [-0.39, 0.29) is 18.2 Å². The summed E-state index contributed by atoms with van der Waals surface area (Å²) in [4.78, 5) is 36.4. The van der Waals surface area contributed by atoms with Crippen molar-refractivity contribution < 1.29 is 19.3 Å². The number of nitrogens with zero attached hydrogens (tertiary/aromatic N) is 2. The Labute approximate surface area is 186 Å². The van der Waals surface area contributed by atoms with Crippen molar-refractivity contribution in [1.29, 1.82) is 0 Å². The van der Waals surface area contributed by atoms with Crippen LogP contribution in [-0.4, -0.2) is 29.8 Å². The number of oxime groups is 2. The van der Waals surface area contributed by atoms with Gasteiger partial charge in [-0.1, -0.05) is 88.2 Å². The van der Waals surface area contributed by atoms with Crippen LogP contribution >= 0.6 is 0 Å². The zero-order valence-electron chi connectivity index (χ0n) is 17.8. The molecule has 0 fully saturated rings. The first-order valence-corrected chi connectivity index (χ1v) is 10.3. The van der Waals surface area contributed by atoms with E-state index in [1.54, 1.807) is 36.4 Å². The van der Waals surface area contributed by atoms with Gasteiger partial charge in [0.15, 0.2) is 5.71 Å². The summed E-state index contributed by atoms with van der Waals surface area (Å²) < 4.78 is 0. The van der Waals surface area contributed by atoms with Gasteiger partial charge in [-0.15, -0.1) is 0 Å². The fraction of sp³-hybridized carbons (Fsp3) is 0.154. The highest BCUT2D eigenvalue weighted by atomic mass is 16.7. The summed E-state index contributed by atoms with van der Waals surface area (Å²) in [6, 6.07) is 23.6. The molecule has 6 nitrogen and oxygen atoms in total. The van der Waals surface area contributed by atoms with Crippen molar-refractivity contribution in [3.63, 3.8) is 0 Å². The lowest BCUT2D eigenvalue weighted by Crippen LogP contribution is -2.29. The van der Waals surface area contributed by atoms with Gasteiger partial charge in [0.1, 0.15) is 12.3 Å². The van der Waals surface area contributed by atoms with Crippen molar-refractivity contribution in [2.75, 3.05) is 6.61 Å². The highest BCUT2D eigenvalue weighted by Crippen LogP contribution is 2.25. The van der Waals surface area contributed by atoms with Crippen LogP contribution in [-0.2, 0) is 9.68 Å². The minimum atomic E-state index is -0.657. The van der Waals surface area contributed by atoms with Gasteiger partial charge in [0.05, 0.1) is 11.5 Å². The van der Waals surface area contributed by atoms with Gasteiger partial charge in [-0.2, -0.15) is 0 Å². The Morgan fingerprint density at radius 1 is 0.875 bits per heavy atom. The SMILES string of the molecule is Cc1ccc(C(=O)O/N=C(/C(=O)c2ccc(C)cc2)C2=NOCC2c2ccccc2)cc1. The second-order valence-corrected chi connectivity index (χ2v) is 7.62. The van der Waals surface area contributed by atoms with Crippen LogP contribution in [0.1, 0.15) is 43.3 Å². The summed E-state index contributed by atoms with van der Waals surface area (Å²) >= 11 is 0. The molecular weight excluding hydrogens is 404 g/mol. The molecule has 1 aliphatic heterocycles.